The molecule has 0 spiro atoms. The summed E-state index contributed by atoms with van der Waals surface area (Å²) in [4.78, 5) is 0. The van der Waals surface area contributed by atoms with Crippen LogP contribution < -0.4 is 4.74 Å². The van der Waals surface area contributed by atoms with Crippen molar-refractivity contribution in [3.05, 3.63) is 63.7 Å². The molecule has 0 aromatic heterocycles. The third-order valence-corrected chi connectivity index (χ3v) is 4.93. The van der Waals surface area contributed by atoms with E-state index >= 15 is 0 Å². The van der Waals surface area contributed by atoms with E-state index < -0.39 is 0 Å². The van der Waals surface area contributed by atoms with Crippen LogP contribution in [0, 0.1) is 0 Å². The Morgan fingerprint density at radius 1 is 1.00 bits per heavy atom. The van der Waals surface area contributed by atoms with Crippen molar-refractivity contribution in [2.45, 2.75) is 52.4 Å². The summed E-state index contributed by atoms with van der Waals surface area (Å²) < 4.78 is 17.6. The molecule has 3 nitrogen and oxygen atoms in total. The van der Waals surface area contributed by atoms with E-state index in [1.807, 2.05) is 18.2 Å². The zero-order valence-electron chi connectivity index (χ0n) is 15.9. The molecule has 1 fully saturated rings. The van der Waals surface area contributed by atoms with Crippen LogP contribution in [0.25, 0.3) is 0 Å². The van der Waals surface area contributed by atoms with Crippen LogP contribution in [0.4, 0.5) is 0 Å². The van der Waals surface area contributed by atoms with Gasteiger partial charge >= 0.3 is 0 Å². The van der Waals surface area contributed by atoms with Crippen molar-refractivity contribution >= 4 is 11.6 Å². The van der Waals surface area contributed by atoms with Crippen LogP contribution in [-0.4, -0.2) is 13.2 Å². The fourth-order valence-electron chi connectivity index (χ4n) is 3.13. The van der Waals surface area contributed by atoms with E-state index in [2.05, 4.69) is 45.9 Å². The van der Waals surface area contributed by atoms with Gasteiger partial charge in [0, 0.05) is 10.6 Å². The molecule has 1 aliphatic heterocycles. The summed E-state index contributed by atoms with van der Waals surface area (Å²) in [5.74, 6) is 1.79. The molecule has 2 aromatic rings. The predicted octanol–water partition coefficient (Wildman–Crippen LogP) is 6.21. The Kier molecular flexibility index (Phi) is 6.23. The van der Waals surface area contributed by atoms with Crippen LogP contribution in [-0.2, 0) is 16.1 Å². The molecule has 0 atom stereocenters. The van der Waals surface area contributed by atoms with Gasteiger partial charge in [-0.3, -0.25) is 0 Å². The van der Waals surface area contributed by atoms with Gasteiger partial charge < -0.3 is 14.2 Å². The van der Waals surface area contributed by atoms with Crippen molar-refractivity contribution in [3.63, 3.8) is 0 Å². The Morgan fingerprint density at radius 2 is 1.73 bits per heavy atom. The predicted molar refractivity (Wildman–Crippen MR) is 105 cm³/mol. The minimum Gasteiger partial charge on any atom is -0.489 e. The number of benzene rings is 2. The first-order valence-electron chi connectivity index (χ1n) is 9.24. The Bertz CT molecular complexity index is 749. The molecule has 0 saturated carbocycles. The van der Waals surface area contributed by atoms with Crippen LogP contribution in [0.15, 0.2) is 36.4 Å². The van der Waals surface area contributed by atoms with E-state index in [1.165, 1.54) is 11.1 Å². The zero-order valence-corrected chi connectivity index (χ0v) is 16.7. The average molecular weight is 375 g/mol. The van der Waals surface area contributed by atoms with E-state index in [4.69, 9.17) is 25.8 Å². The Hall–Kier alpha value is -1.55. The molecule has 2 aromatic carbocycles. The van der Waals surface area contributed by atoms with Crippen LogP contribution in [0.3, 0.4) is 0 Å². The first-order valence-corrected chi connectivity index (χ1v) is 9.61. The topological polar surface area (TPSA) is 27.7 Å². The molecule has 1 aliphatic rings. The van der Waals surface area contributed by atoms with Gasteiger partial charge in [0.15, 0.2) is 6.29 Å². The molecule has 0 bridgehead atoms. The summed E-state index contributed by atoms with van der Waals surface area (Å²) in [5, 5.41) is 0.686. The van der Waals surface area contributed by atoms with E-state index in [-0.39, 0.29) is 6.29 Å². The molecule has 4 heteroatoms. The first kappa shape index (κ1) is 19.2. The molecule has 3 rings (SSSR count). The summed E-state index contributed by atoms with van der Waals surface area (Å²) in [7, 11) is 0. The molecule has 26 heavy (non-hydrogen) atoms. The molecule has 0 unspecified atom stereocenters. The quantitative estimate of drug-likeness (QED) is 0.601. The minimum atomic E-state index is -0.336. The van der Waals surface area contributed by atoms with Crippen molar-refractivity contribution < 1.29 is 14.2 Å². The Labute approximate surface area is 161 Å². The molecule has 0 aliphatic carbocycles. The summed E-state index contributed by atoms with van der Waals surface area (Å²) in [6.07, 6.45) is -0.336. The van der Waals surface area contributed by atoms with Crippen LogP contribution in [0.5, 0.6) is 5.75 Å². The maximum Gasteiger partial charge on any atom is 0.184 e. The fraction of sp³-hybridized carbons (Fsp3) is 0.455. The molecular weight excluding hydrogens is 348 g/mol. The van der Waals surface area contributed by atoms with Gasteiger partial charge in [-0.2, -0.15) is 0 Å². The van der Waals surface area contributed by atoms with Gasteiger partial charge in [-0.25, -0.2) is 0 Å². The minimum absolute atomic E-state index is 0.336. The van der Waals surface area contributed by atoms with E-state index in [0.717, 1.165) is 16.9 Å². The van der Waals surface area contributed by atoms with Crippen molar-refractivity contribution in [1.82, 2.24) is 0 Å². The number of hydrogen-bond donors (Lipinski definition) is 0. The summed E-state index contributed by atoms with van der Waals surface area (Å²) in [5.41, 5.74) is 4.47. The monoisotopic (exact) mass is 374 g/mol. The highest BCUT2D eigenvalue weighted by Gasteiger charge is 2.22. The summed E-state index contributed by atoms with van der Waals surface area (Å²) >= 11 is 6.22. The summed E-state index contributed by atoms with van der Waals surface area (Å²) in [6.45, 7) is 10.4. The highest BCUT2D eigenvalue weighted by Crippen LogP contribution is 2.33. The number of ether oxygens (including phenoxy) is 3. The molecule has 140 valence electrons. The van der Waals surface area contributed by atoms with Gasteiger partial charge in [0.2, 0.25) is 0 Å². The van der Waals surface area contributed by atoms with Crippen molar-refractivity contribution in [2.24, 2.45) is 0 Å². The van der Waals surface area contributed by atoms with Gasteiger partial charge in [0.05, 0.1) is 13.2 Å². The average Bonchev–Trinajstić information content (AvgIpc) is 3.14. The lowest BCUT2D eigenvalue weighted by atomic mass is 9.96. The summed E-state index contributed by atoms with van der Waals surface area (Å²) in [6, 6.07) is 12.3. The third-order valence-electron chi connectivity index (χ3n) is 4.69. The van der Waals surface area contributed by atoms with E-state index in [0.29, 0.717) is 36.7 Å². The maximum absolute atomic E-state index is 6.26. The third kappa shape index (κ3) is 4.40. The second kappa shape index (κ2) is 8.43. The molecule has 1 heterocycles. The molecule has 0 radical (unpaired) electrons. The maximum atomic E-state index is 6.26. The largest absolute Gasteiger partial charge is 0.489 e. The van der Waals surface area contributed by atoms with Gasteiger partial charge in [-0.05, 0) is 46.7 Å². The van der Waals surface area contributed by atoms with E-state index in [1.54, 1.807) is 0 Å². The fourth-order valence-corrected chi connectivity index (χ4v) is 3.33. The second-order valence-electron chi connectivity index (χ2n) is 7.31. The van der Waals surface area contributed by atoms with Crippen LogP contribution in [0.2, 0.25) is 5.02 Å². The first-order chi connectivity index (χ1) is 12.5. The lowest BCUT2D eigenvalue weighted by Crippen LogP contribution is -2.07. The Morgan fingerprint density at radius 3 is 2.38 bits per heavy atom. The number of hydrogen-bond acceptors (Lipinski definition) is 3. The lowest BCUT2D eigenvalue weighted by molar-refractivity contribution is -0.0451. The van der Waals surface area contributed by atoms with Gasteiger partial charge in [0.1, 0.15) is 12.4 Å². The standard InChI is InChI=1S/C22H27ClO3/c1-14(2)16-5-7-19(15(3)4)21(12-16)26-13-17-11-18(23)6-8-20(17)22-24-9-10-25-22/h5-8,11-12,14-15,22H,9-10,13H2,1-4H3. The number of halogens is 1. The SMILES string of the molecule is CC(C)c1ccc(C(C)C)c(OCc2cc(Cl)ccc2C2OCCO2)c1. The van der Waals surface area contributed by atoms with Gasteiger partial charge in [0.25, 0.3) is 0 Å². The van der Waals surface area contributed by atoms with Gasteiger partial charge in [-0.15, -0.1) is 0 Å². The Balaban J connectivity index is 1.86. The van der Waals surface area contributed by atoms with E-state index in [9.17, 15) is 0 Å². The van der Waals surface area contributed by atoms with Crippen molar-refractivity contribution in [2.75, 3.05) is 13.2 Å². The zero-order chi connectivity index (χ0) is 18.7. The van der Waals surface area contributed by atoms with Crippen molar-refractivity contribution in [1.29, 1.82) is 0 Å². The van der Waals surface area contributed by atoms with Gasteiger partial charge in [-0.1, -0.05) is 57.5 Å². The lowest BCUT2D eigenvalue weighted by Gasteiger charge is -2.19. The number of rotatable bonds is 6. The molecule has 1 saturated heterocycles. The smallest absolute Gasteiger partial charge is 0.184 e. The molecule has 0 amide bonds. The molecule has 0 N–H and O–H groups in total. The van der Waals surface area contributed by atoms with Crippen molar-refractivity contribution in [3.8, 4) is 5.75 Å². The van der Waals surface area contributed by atoms with Crippen LogP contribution >= 0.6 is 11.6 Å². The molecular formula is C22H27ClO3. The normalized spacial score (nSPS) is 15.2. The van der Waals surface area contributed by atoms with Crippen LogP contribution in [0.1, 0.15) is 68.1 Å². The second-order valence-corrected chi connectivity index (χ2v) is 7.75. The highest BCUT2D eigenvalue weighted by molar-refractivity contribution is 6.30. The highest BCUT2D eigenvalue weighted by atomic mass is 35.5.